The summed E-state index contributed by atoms with van der Waals surface area (Å²) in [7, 11) is 0. The molecule has 1 amide bonds. The Morgan fingerprint density at radius 3 is 2.66 bits per heavy atom. The number of carbonyl (C=O) groups is 1. The van der Waals surface area contributed by atoms with Crippen molar-refractivity contribution in [3.63, 3.8) is 0 Å². The molecule has 4 rings (SSSR count). The molecule has 1 aliphatic heterocycles. The van der Waals surface area contributed by atoms with Gasteiger partial charge >= 0.3 is 0 Å². The Labute approximate surface area is 170 Å². The molecule has 29 heavy (non-hydrogen) atoms. The number of piperazine rings is 1. The third-order valence-corrected chi connectivity index (χ3v) is 5.16. The summed E-state index contributed by atoms with van der Waals surface area (Å²) in [4.78, 5) is 21.4. The molecule has 1 aromatic carbocycles. The van der Waals surface area contributed by atoms with Crippen molar-refractivity contribution in [2.45, 2.75) is 26.7 Å². The second-order valence-corrected chi connectivity index (χ2v) is 7.26. The lowest BCUT2D eigenvalue weighted by Crippen LogP contribution is -2.49. The second kappa shape index (κ2) is 8.43. The minimum absolute atomic E-state index is 0.168. The summed E-state index contributed by atoms with van der Waals surface area (Å²) >= 11 is 0. The predicted molar refractivity (Wildman–Crippen MR) is 111 cm³/mol. The van der Waals surface area contributed by atoms with Crippen LogP contribution >= 0.6 is 0 Å². The first kappa shape index (κ1) is 19.1. The quantitative estimate of drug-likeness (QED) is 0.666. The fraction of sp³-hybridized carbons (Fsp3) is 0.364. The molecule has 1 saturated heterocycles. The summed E-state index contributed by atoms with van der Waals surface area (Å²) in [5.41, 5.74) is 3.07. The van der Waals surface area contributed by atoms with Crippen molar-refractivity contribution in [1.82, 2.24) is 20.1 Å². The number of rotatable bonds is 5. The van der Waals surface area contributed by atoms with Crippen LogP contribution < -0.4 is 4.90 Å². The van der Waals surface area contributed by atoms with Gasteiger partial charge in [0.2, 0.25) is 11.8 Å². The van der Waals surface area contributed by atoms with Crippen molar-refractivity contribution >= 4 is 11.7 Å². The highest BCUT2D eigenvalue weighted by Gasteiger charge is 2.25. The maximum absolute atomic E-state index is 12.7. The van der Waals surface area contributed by atoms with E-state index in [2.05, 4.69) is 26.1 Å². The molecule has 7 heteroatoms. The predicted octanol–water partition coefficient (Wildman–Crippen LogP) is 2.89. The van der Waals surface area contributed by atoms with Crippen molar-refractivity contribution in [2.24, 2.45) is 0 Å². The summed E-state index contributed by atoms with van der Waals surface area (Å²) < 4.78 is 5.73. The Kier molecular flexibility index (Phi) is 5.55. The van der Waals surface area contributed by atoms with E-state index in [1.54, 1.807) is 6.20 Å². The van der Waals surface area contributed by atoms with Crippen molar-refractivity contribution in [1.29, 1.82) is 0 Å². The molecule has 1 fully saturated rings. The number of anilines is 1. The number of hydrogen-bond donors (Lipinski definition) is 0. The van der Waals surface area contributed by atoms with E-state index in [1.807, 2.05) is 49.1 Å². The number of pyridine rings is 1. The largest absolute Gasteiger partial charge is 0.421 e. The molecule has 0 aliphatic carbocycles. The van der Waals surface area contributed by atoms with Crippen LogP contribution in [0.1, 0.15) is 23.9 Å². The monoisotopic (exact) mass is 391 g/mol. The summed E-state index contributed by atoms with van der Waals surface area (Å²) in [5, 5.41) is 8.22. The van der Waals surface area contributed by atoms with Gasteiger partial charge in [-0.05, 0) is 24.6 Å². The lowest BCUT2D eigenvalue weighted by molar-refractivity contribution is -0.130. The minimum atomic E-state index is 0.168. The third-order valence-electron chi connectivity index (χ3n) is 5.16. The van der Waals surface area contributed by atoms with Gasteiger partial charge in [-0.1, -0.05) is 36.8 Å². The second-order valence-electron chi connectivity index (χ2n) is 7.26. The highest BCUT2D eigenvalue weighted by atomic mass is 16.4. The normalized spacial score (nSPS) is 14.3. The van der Waals surface area contributed by atoms with Crippen LogP contribution in [0.25, 0.3) is 11.5 Å². The standard InChI is InChI=1S/C22H25N5O2/c1-3-19-24-25-22(29-19)18-8-5-9-23-21(18)27-12-10-26(11-13-27)20(28)15-17-7-4-6-16(2)14-17/h4-9,14H,3,10-13,15H2,1-2H3. The van der Waals surface area contributed by atoms with E-state index in [1.165, 1.54) is 5.56 Å². The summed E-state index contributed by atoms with van der Waals surface area (Å²) in [6, 6.07) is 11.9. The Balaban J connectivity index is 1.43. The smallest absolute Gasteiger partial charge is 0.251 e. The summed E-state index contributed by atoms with van der Waals surface area (Å²) in [6.45, 7) is 6.81. The van der Waals surface area contributed by atoms with Crippen LogP contribution in [0.5, 0.6) is 0 Å². The minimum Gasteiger partial charge on any atom is -0.421 e. The van der Waals surface area contributed by atoms with Gasteiger partial charge in [-0.2, -0.15) is 0 Å². The number of nitrogens with zero attached hydrogens (tertiary/aromatic N) is 5. The van der Waals surface area contributed by atoms with E-state index in [0.29, 0.717) is 37.7 Å². The van der Waals surface area contributed by atoms with Crippen molar-refractivity contribution < 1.29 is 9.21 Å². The molecule has 3 heterocycles. The van der Waals surface area contributed by atoms with Gasteiger partial charge in [0.05, 0.1) is 12.0 Å². The number of benzene rings is 1. The van der Waals surface area contributed by atoms with Gasteiger partial charge in [-0.3, -0.25) is 4.79 Å². The number of carbonyl (C=O) groups excluding carboxylic acids is 1. The lowest BCUT2D eigenvalue weighted by Gasteiger charge is -2.36. The van der Waals surface area contributed by atoms with E-state index in [-0.39, 0.29) is 5.91 Å². The van der Waals surface area contributed by atoms with E-state index >= 15 is 0 Å². The molecule has 0 unspecified atom stereocenters. The van der Waals surface area contributed by atoms with E-state index in [0.717, 1.165) is 30.0 Å². The first-order valence-corrected chi connectivity index (χ1v) is 10.00. The topological polar surface area (TPSA) is 75.4 Å². The Morgan fingerprint density at radius 1 is 1.10 bits per heavy atom. The van der Waals surface area contributed by atoms with Gasteiger partial charge in [-0.25, -0.2) is 4.98 Å². The van der Waals surface area contributed by atoms with Crippen molar-refractivity contribution in [2.75, 3.05) is 31.1 Å². The van der Waals surface area contributed by atoms with Crippen LogP contribution in [0.2, 0.25) is 0 Å². The van der Waals surface area contributed by atoms with Gasteiger partial charge in [-0.15, -0.1) is 10.2 Å². The first-order valence-electron chi connectivity index (χ1n) is 10.00. The Hall–Kier alpha value is -3.22. The zero-order valence-corrected chi connectivity index (χ0v) is 16.8. The Morgan fingerprint density at radius 2 is 1.93 bits per heavy atom. The number of aromatic nitrogens is 3. The zero-order chi connectivity index (χ0) is 20.2. The average Bonchev–Trinajstić information content (AvgIpc) is 3.23. The average molecular weight is 391 g/mol. The molecule has 0 bridgehead atoms. The molecule has 150 valence electrons. The molecule has 2 aromatic heterocycles. The number of hydrogen-bond acceptors (Lipinski definition) is 6. The number of aryl methyl sites for hydroxylation is 2. The van der Waals surface area contributed by atoms with E-state index < -0.39 is 0 Å². The molecule has 0 saturated carbocycles. The van der Waals surface area contributed by atoms with Crippen LogP contribution in [0.15, 0.2) is 47.0 Å². The molecule has 7 nitrogen and oxygen atoms in total. The fourth-order valence-corrected chi connectivity index (χ4v) is 3.60. The highest BCUT2D eigenvalue weighted by molar-refractivity contribution is 5.79. The number of amides is 1. The van der Waals surface area contributed by atoms with Gasteiger partial charge in [0.25, 0.3) is 5.89 Å². The van der Waals surface area contributed by atoms with Gasteiger partial charge in [0, 0.05) is 38.8 Å². The molecule has 0 radical (unpaired) electrons. The molecule has 0 atom stereocenters. The fourth-order valence-electron chi connectivity index (χ4n) is 3.60. The lowest BCUT2D eigenvalue weighted by atomic mass is 10.1. The first-order chi connectivity index (χ1) is 14.1. The van der Waals surface area contributed by atoms with Crippen molar-refractivity contribution in [3.05, 3.63) is 59.6 Å². The maximum atomic E-state index is 12.7. The molecule has 0 spiro atoms. The third kappa shape index (κ3) is 4.29. The van der Waals surface area contributed by atoms with Crippen LogP contribution in [0, 0.1) is 6.92 Å². The van der Waals surface area contributed by atoms with E-state index in [9.17, 15) is 4.79 Å². The van der Waals surface area contributed by atoms with Crippen LogP contribution in [-0.4, -0.2) is 52.2 Å². The van der Waals surface area contributed by atoms with Crippen molar-refractivity contribution in [3.8, 4) is 11.5 Å². The molecular formula is C22H25N5O2. The van der Waals surface area contributed by atoms with Crippen LogP contribution in [-0.2, 0) is 17.6 Å². The summed E-state index contributed by atoms with van der Waals surface area (Å²) in [5.74, 6) is 2.09. The molecule has 0 N–H and O–H groups in total. The van der Waals surface area contributed by atoms with Gasteiger partial charge in [0.1, 0.15) is 5.82 Å². The maximum Gasteiger partial charge on any atom is 0.251 e. The van der Waals surface area contributed by atoms with Gasteiger partial charge in [0.15, 0.2) is 0 Å². The highest BCUT2D eigenvalue weighted by Crippen LogP contribution is 2.28. The van der Waals surface area contributed by atoms with Crippen LogP contribution in [0.3, 0.4) is 0 Å². The SMILES string of the molecule is CCc1nnc(-c2cccnc2N2CCN(C(=O)Cc3cccc(C)c3)CC2)o1. The molecular weight excluding hydrogens is 366 g/mol. The Bertz CT molecular complexity index is 992. The summed E-state index contributed by atoms with van der Waals surface area (Å²) in [6.07, 6.45) is 2.91. The van der Waals surface area contributed by atoms with E-state index in [4.69, 9.17) is 4.42 Å². The molecule has 1 aliphatic rings. The van der Waals surface area contributed by atoms with Crippen LogP contribution in [0.4, 0.5) is 5.82 Å². The zero-order valence-electron chi connectivity index (χ0n) is 16.8. The molecule has 3 aromatic rings. The van der Waals surface area contributed by atoms with Gasteiger partial charge < -0.3 is 14.2 Å².